The van der Waals surface area contributed by atoms with Crippen molar-refractivity contribution in [2.24, 2.45) is 9.98 Å². The van der Waals surface area contributed by atoms with E-state index >= 15 is 0 Å². The van der Waals surface area contributed by atoms with Gasteiger partial charge in [0.25, 0.3) is 0 Å². The first-order valence-corrected chi connectivity index (χ1v) is 15.9. The molecule has 6 aromatic carbocycles. The molecule has 0 unspecified atom stereocenters. The number of rotatable bonds is 5. The third-order valence-corrected chi connectivity index (χ3v) is 8.92. The summed E-state index contributed by atoms with van der Waals surface area (Å²) >= 11 is 13.6. The summed E-state index contributed by atoms with van der Waals surface area (Å²) < 4.78 is 2.47. The van der Waals surface area contributed by atoms with E-state index in [4.69, 9.17) is 9.98 Å². The Labute approximate surface area is 344 Å². The van der Waals surface area contributed by atoms with E-state index in [0.717, 1.165) is 41.6 Å². The normalized spacial score (nSPS) is 9.92. The van der Waals surface area contributed by atoms with Gasteiger partial charge < -0.3 is 38.4 Å². The molecule has 0 aromatic heterocycles. The van der Waals surface area contributed by atoms with Gasteiger partial charge in [0.1, 0.15) is 0 Å². The standard InChI is InChI=1S/C34H20Br4N2O2.Co.6FH.Sb/c35-23-13-21(33(41)27(37)15-23)17-39-29-11-9-19-5-1-3-7-25(19)31(29)32-26-8-4-2-6-20(26)10-12-30(32)40-18-22-14-24(36)16-28(38)34(22)42;;;;;;;;/h1-18,41-42H;;6*1H;/q;+3;;;;;;;/p-8. The third-order valence-electron chi connectivity index (χ3n) is 6.82. The van der Waals surface area contributed by atoms with Crippen LogP contribution in [0.15, 0.2) is 125 Å². The van der Waals surface area contributed by atoms with Crippen molar-refractivity contribution >= 4 is 133 Å². The van der Waals surface area contributed by atoms with Gasteiger partial charge >= 0.3 is 16.8 Å². The number of aliphatic imine (C=N–C) groups is 2. The third kappa shape index (κ3) is 10.8. The summed E-state index contributed by atoms with van der Waals surface area (Å²) in [4.78, 5) is 9.74. The van der Waals surface area contributed by atoms with Gasteiger partial charge in [-0.25, -0.2) is 0 Å². The molecule has 6 rings (SSSR count). The van der Waals surface area contributed by atoms with Crippen LogP contribution in [0.25, 0.3) is 32.7 Å². The van der Waals surface area contributed by atoms with Crippen molar-refractivity contribution < 1.29 is 55.2 Å². The number of hydrogen-bond acceptors (Lipinski definition) is 4. The maximum absolute atomic E-state index is 12.8. The second-order valence-electron chi connectivity index (χ2n) is 9.49. The summed E-state index contributed by atoms with van der Waals surface area (Å²) in [6.45, 7) is 0. The molecule has 50 heavy (non-hydrogen) atoms. The largest absolute Gasteiger partial charge is 3.00 e. The molecule has 0 amide bonds. The molecule has 0 heterocycles. The Morgan fingerprint density at radius 3 is 1.18 bits per heavy atom. The Bertz CT molecular complexity index is 1960. The second-order valence-corrected chi connectivity index (χ2v) is 13.0. The average Bonchev–Trinajstić information content (AvgIpc) is 2.98. The van der Waals surface area contributed by atoms with Crippen molar-refractivity contribution in [1.29, 1.82) is 0 Å². The number of hydrogen-bond donors (Lipinski definition) is 0. The molecular weight excluding hydrogens is 1080 g/mol. The molecule has 265 valence electrons. The molecule has 0 atom stereocenters. The van der Waals surface area contributed by atoms with Gasteiger partial charge in [-0.2, -0.15) is 0 Å². The molecule has 4 nitrogen and oxygen atoms in total. The van der Waals surface area contributed by atoms with E-state index in [0.29, 0.717) is 31.4 Å². The van der Waals surface area contributed by atoms with Gasteiger partial charge in [0.05, 0.1) is 11.4 Å². The van der Waals surface area contributed by atoms with Crippen molar-refractivity contribution in [3.8, 4) is 22.6 Å². The molecule has 0 saturated carbocycles. The molecule has 0 aliphatic carbocycles. The Hall–Kier alpha value is -2.40. The minimum Gasteiger partial charge on any atom is -1.00 e. The molecule has 0 N–H and O–H groups in total. The van der Waals surface area contributed by atoms with Gasteiger partial charge in [-0.15, -0.1) is 0 Å². The summed E-state index contributed by atoms with van der Waals surface area (Å²) in [5.74, 6) is -0.290. The molecule has 0 saturated heterocycles. The van der Waals surface area contributed by atoms with E-state index in [-0.39, 0.29) is 80.9 Å². The van der Waals surface area contributed by atoms with Crippen molar-refractivity contribution in [3.63, 3.8) is 0 Å². The maximum Gasteiger partial charge on any atom is 3.00 e. The first-order chi connectivity index (χ1) is 20.3. The van der Waals surface area contributed by atoms with Gasteiger partial charge in [-0.05, 0) is 69.1 Å². The Morgan fingerprint density at radius 1 is 0.480 bits per heavy atom. The van der Waals surface area contributed by atoms with Gasteiger partial charge in [-0.3, -0.25) is 9.98 Å². The van der Waals surface area contributed by atoms with Crippen LogP contribution in [0.1, 0.15) is 11.1 Å². The van der Waals surface area contributed by atoms with Crippen molar-refractivity contribution in [1.82, 2.24) is 0 Å². The number of halogens is 10. The van der Waals surface area contributed by atoms with E-state index in [9.17, 15) is 10.2 Å². The SMILES string of the molecule is [Co+3].[F-].[F-].[F-].[F-].[F-].[F-].[O-]c1c(Br)cc(Br)cc1C=Nc1ccc2ccccc2c1-c1c(N=Cc2cc(Br)cc(Br)c2[O-])ccc2ccccc12.[Sb]. The predicted octanol–water partition coefficient (Wildman–Crippen LogP) is -8.00. The molecule has 3 radical (unpaired) electrons. The number of nitrogens with zero attached hydrogens (tertiary/aromatic N) is 2. The zero-order chi connectivity index (χ0) is 29.4. The van der Waals surface area contributed by atoms with Crippen LogP contribution in [0, 0.1) is 0 Å². The Morgan fingerprint density at radius 2 is 0.820 bits per heavy atom. The predicted molar refractivity (Wildman–Crippen MR) is 190 cm³/mol. The van der Waals surface area contributed by atoms with E-state index in [2.05, 4.69) is 88.0 Å². The average molecular weight is 1100 g/mol. The van der Waals surface area contributed by atoms with Crippen LogP contribution >= 0.6 is 63.7 Å². The van der Waals surface area contributed by atoms with E-state index in [1.54, 1.807) is 36.7 Å². The van der Waals surface area contributed by atoms with Gasteiger partial charge in [0, 0.05) is 65.9 Å². The van der Waals surface area contributed by atoms with Crippen LogP contribution in [-0.2, 0) is 16.8 Å². The Balaban J connectivity index is -0.00000276. The zero-order valence-corrected chi connectivity index (χ0v) is 34.6. The molecule has 6 aromatic rings. The van der Waals surface area contributed by atoms with Crippen LogP contribution in [0.5, 0.6) is 11.5 Å². The van der Waals surface area contributed by atoms with Crippen LogP contribution in [0.4, 0.5) is 11.4 Å². The second kappa shape index (κ2) is 22.5. The topological polar surface area (TPSA) is 70.8 Å². The molecule has 0 aliphatic rings. The van der Waals surface area contributed by atoms with Crippen molar-refractivity contribution in [3.05, 3.63) is 126 Å². The molecule has 0 spiro atoms. The molecule has 0 aliphatic heterocycles. The fourth-order valence-corrected chi connectivity index (χ4v) is 7.41. The fraction of sp³-hybridized carbons (Fsp3) is 0. The molecule has 16 heteroatoms. The van der Waals surface area contributed by atoms with Crippen LogP contribution < -0.4 is 38.4 Å². The van der Waals surface area contributed by atoms with E-state index in [1.807, 2.05) is 48.5 Å². The molecule has 0 bridgehead atoms. The number of fused-ring (bicyclic) bond motifs is 2. The van der Waals surface area contributed by atoms with Crippen molar-refractivity contribution in [2.45, 2.75) is 0 Å². The Kier molecular flexibility index (Phi) is 23.4. The van der Waals surface area contributed by atoms with Crippen LogP contribution in [0.2, 0.25) is 0 Å². The molecular formula is C34H18Br4CoF6N2O2Sb-5. The first-order valence-electron chi connectivity index (χ1n) is 12.7. The van der Waals surface area contributed by atoms with E-state index in [1.165, 1.54) is 0 Å². The summed E-state index contributed by atoms with van der Waals surface area (Å²) in [6.07, 6.45) is 3.20. The summed E-state index contributed by atoms with van der Waals surface area (Å²) in [5.41, 5.74) is 4.04. The monoisotopic (exact) mass is 1100 g/mol. The van der Waals surface area contributed by atoms with Crippen LogP contribution in [-0.4, -0.2) is 36.9 Å². The maximum atomic E-state index is 12.8. The minimum absolute atomic E-state index is 0. The quantitative estimate of drug-likeness (QED) is 0.0981. The smallest absolute Gasteiger partial charge is 1.00 e. The van der Waals surface area contributed by atoms with Crippen molar-refractivity contribution in [2.75, 3.05) is 0 Å². The summed E-state index contributed by atoms with van der Waals surface area (Å²) in [5, 5.41) is 29.7. The summed E-state index contributed by atoms with van der Waals surface area (Å²) in [7, 11) is 0. The fourth-order valence-electron chi connectivity index (χ4n) is 4.89. The van der Waals surface area contributed by atoms with Crippen LogP contribution in [0.3, 0.4) is 0 Å². The van der Waals surface area contributed by atoms with Gasteiger partial charge in [0.2, 0.25) is 0 Å². The van der Waals surface area contributed by atoms with E-state index < -0.39 is 0 Å². The molecule has 0 fully saturated rings. The summed E-state index contributed by atoms with van der Waals surface area (Å²) in [6, 6.07) is 31.2. The number of benzene rings is 6. The first kappa shape index (κ1) is 52.0. The van der Waals surface area contributed by atoms with Gasteiger partial charge in [-0.1, -0.05) is 136 Å². The minimum atomic E-state index is -0.145. The zero-order valence-electron chi connectivity index (χ0n) is 24.7. The van der Waals surface area contributed by atoms with Gasteiger partial charge in [0.15, 0.2) is 0 Å².